The molecule has 4 rings (SSSR count). The van der Waals surface area contributed by atoms with Crippen LogP contribution in [0.25, 0.3) is 0 Å². The first-order valence-electron chi connectivity index (χ1n) is 9.59. The highest BCUT2D eigenvalue weighted by molar-refractivity contribution is 5.85. The Hall–Kier alpha value is -3.19. The van der Waals surface area contributed by atoms with E-state index in [1.165, 1.54) is 30.4 Å². The Bertz CT molecular complexity index is 958. The van der Waals surface area contributed by atoms with Crippen LogP contribution in [0.2, 0.25) is 0 Å². The number of benzene rings is 2. The summed E-state index contributed by atoms with van der Waals surface area (Å²) in [6, 6.07) is 13.0. The van der Waals surface area contributed by atoms with Crippen LogP contribution in [-0.4, -0.2) is 25.7 Å². The summed E-state index contributed by atoms with van der Waals surface area (Å²) in [4.78, 5) is 26.1. The number of quaternary nitrogens is 1. The number of carbonyl (C=O) groups is 2. The Morgan fingerprint density at radius 1 is 1.17 bits per heavy atom. The van der Waals surface area contributed by atoms with Gasteiger partial charge in [0.2, 0.25) is 0 Å². The average Bonchev–Trinajstić information content (AvgIpc) is 2.73. The predicted molar refractivity (Wildman–Crippen MR) is 104 cm³/mol. The summed E-state index contributed by atoms with van der Waals surface area (Å²) >= 11 is 0. The third-order valence-corrected chi connectivity index (χ3v) is 5.51. The summed E-state index contributed by atoms with van der Waals surface area (Å²) < 4.78 is 18.4. The Balaban J connectivity index is 1.67. The van der Waals surface area contributed by atoms with Gasteiger partial charge < -0.3 is 20.3 Å². The Morgan fingerprint density at radius 3 is 2.62 bits per heavy atom. The Kier molecular flexibility index (Phi) is 5.31. The molecule has 0 radical (unpaired) electrons. The third-order valence-electron chi connectivity index (χ3n) is 5.51. The van der Waals surface area contributed by atoms with Crippen molar-refractivity contribution in [2.75, 3.05) is 13.7 Å². The lowest BCUT2D eigenvalue weighted by atomic mass is 9.88. The molecule has 2 amide bonds. The van der Waals surface area contributed by atoms with E-state index in [0.717, 1.165) is 24.4 Å². The maximum Gasteiger partial charge on any atom is 0.319 e. The zero-order valence-electron chi connectivity index (χ0n) is 16.1. The summed E-state index contributed by atoms with van der Waals surface area (Å²) in [5.74, 6) is -1.58. The number of halogens is 1. The van der Waals surface area contributed by atoms with Gasteiger partial charge in [-0.05, 0) is 23.3 Å². The first-order valence-corrected chi connectivity index (χ1v) is 9.59. The number of ether oxygens (including phenoxy) is 1. The molecule has 2 aromatic carbocycles. The number of hydrogen-bond acceptors (Lipinski definition) is 3. The molecule has 0 aromatic heterocycles. The lowest BCUT2D eigenvalue weighted by Gasteiger charge is -2.34. The molecule has 1 fully saturated rings. The lowest BCUT2D eigenvalue weighted by molar-refractivity contribution is -0.864. The van der Waals surface area contributed by atoms with Crippen LogP contribution in [0.3, 0.4) is 0 Å². The molecule has 2 aromatic rings. The van der Waals surface area contributed by atoms with Crippen LogP contribution < -0.4 is 15.5 Å². The largest absolute Gasteiger partial charge is 0.468 e. The van der Waals surface area contributed by atoms with Gasteiger partial charge in [0.25, 0.3) is 0 Å². The molecule has 7 heteroatoms. The number of esters is 1. The molecule has 0 bridgehead atoms. The minimum Gasteiger partial charge on any atom is -0.468 e. The summed E-state index contributed by atoms with van der Waals surface area (Å²) in [5.41, 5.74) is 3.74. The smallest absolute Gasteiger partial charge is 0.319 e. The van der Waals surface area contributed by atoms with Crippen LogP contribution in [0.5, 0.6) is 0 Å². The van der Waals surface area contributed by atoms with Gasteiger partial charge in [0.15, 0.2) is 0 Å². The second kappa shape index (κ2) is 8.05. The number of hydrogen-bond donors (Lipinski definition) is 3. The maximum atomic E-state index is 13.4. The molecule has 150 valence electrons. The van der Waals surface area contributed by atoms with Gasteiger partial charge in [0.05, 0.1) is 25.4 Å². The molecule has 0 aliphatic carbocycles. The Morgan fingerprint density at radius 2 is 1.90 bits per heavy atom. The van der Waals surface area contributed by atoms with Crippen molar-refractivity contribution in [2.45, 2.75) is 19.0 Å². The Labute approximate surface area is 168 Å². The zero-order chi connectivity index (χ0) is 20.4. The number of fused-ring (bicyclic) bond motifs is 1. The van der Waals surface area contributed by atoms with Crippen molar-refractivity contribution in [3.05, 3.63) is 82.9 Å². The number of rotatable bonds is 3. The van der Waals surface area contributed by atoms with Crippen molar-refractivity contribution in [1.29, 1.82) is 0 Å². The van der Waals surface area contributed by atoms with Gasteiger partial charge >= 0.3 is 12.0 Å². The van der Waals surface area contributed by atoms with Gasteiger partial charge in [0.1, 0.15) is 24.5 Å². The van der Waals surface area contributed by atoms with E-state index in [2.05, 4.69) is 22.8 Å². The van der Waals surface area contributed by atoms with Gasteiger partial charge in [-0.3, -0.25) is 4.79 Å². The quantitative estimate of drug-likeness (QED) is 0.688. The first-order chi connectivity index (χ1) is 14.0. The second-order valence-electron chi connectivity index (χ2n) is 7.33. The minimum absolute atomic E-state index is 0.379. The van der Waals surface area contributed by atoms with E-state index in [0.29, 0.717) is 11.3 Å². The van der Waals surface area contributed by atoms with Gasteiger partial charge in [-0.25, -0.2) is 9.18 Å². The van der Waals surface area contributed by atoms with E-state index in [4.69, 9.17) is 4.74 Å². The van der Waals surface area contributed by atoms with E-state index in [-0.39, 0.29) is 5.82 Å². The summed E-state index contributed by atoms with van der Waals surface area (Å²) in [6.45, 7) is 1.64. The predicted octanol–water partition coefficient (Wildman–Crippen LogP) is 1.45. The lowest BCUT2D eigenvalue weighted by Crippen LogP contribution is -3.07. The highest BCUT2D eigenvalue weighted by Gasteiger charge is 2.41. The monoisotopic (exact) mass is 396 g/mol. The van der Waals surface area contributed by atoms with Gasteiger partial charge in [-0.1, -0.05) is 36.4 Å². The third kappa shape index (κ3) is 4.00. The van der Waals surface area contributed by atoms with Crippen LogP contribution in [-0.2, 0) is 22.5 Å². The van der Waals surface area contributed by atoms with Crippen molar-refractivity contribution < 1.29 is 23.6 Å². The normalized spacial score (nSPS) is 25.0. The molecule has 1 unspecified atom stereocenters. The summed E-state index contributed by atoms with van der Waals surface area (Å²) in [7, 11) is 1.32. The zero-order valence-corrected chi connectivity index (χ0v) is 16.1. The van der Waals surface area contributed by atoms with E-state index in [1.54, 1.807) is 12.1 Å². The van der Waals surface area contributed by atoms with Crippen LogP contribution in [0, 0.1) is 11.7 Å². The van der Waals surface area contributed by atoms with Crippen molar-refractivity contribution in [3.8, 4) is 0 Å². The molecule has 3 atom stereocenters. The fourth-order valence-electron chi connectivity index (χ4n) is 4.06. The average molecular weight is 396 g/mol. The van der Waals surface area contributed by atoms with Crippen molar-refractivity contribution in [3.63, 3.8) is 0 Å². The van der Waals surface area contributed by atoms with Gasteiger partial charge in [-0.2, -0.15) is 0 Å². The molecule has 2 aliphatic rings. The van der Waals surface area contributed by atoms with E-state index < -0.39 is 24.0 Å². The van der Waals surface area contributed by atoms with Crippen molar-refractivity contribution >= 4 is 12.0 Å². The van der Waals surface area contributed by atoms with Crippen LogP contribution in [0.15, 0.2) is 60.4 Å². The number of nitrogens with one attached hydrogen (secondary N) is 3. The van der Waals surface area contributed by atoms with E-state index in [1.807, 2.05) is 18.3 Å². The second-order valence-corrected chi connectivity index (χ2v) is 7.33. The minimum atomic E-state index is -0.743. The van der Waals surface area contributed by atoms with Crippen LogP contribution >= 0.6 is 0 Å². The molecule has 2 heterocycles. The SMILES string of the molecule is COC(=O)[C@@H]1/C(=C\[NH+]2CCc3ccccc3C2)NC(=O)N[C@H]1c1ccc(F)cc1. The first kappa shape index (κ1) is 19.1. The summed E-state index contributed by atoms with van der Waals surface area (Å²) in [5, 5.41) is 5.56. The number of methoxy groups -OCH3 is 1. The van der Waals surface area contributed by atoms with Gasteiger partial charge in [-0.15, -0.1) is 0 Å². The molecule has 6 nitrogen and oxygen atoms in total. The fourth-order valence-corrected chi connectivity index (χ4v) is 4.06. The number of urea groups is 1. The highest BCUT2D eigenvalue weighted by atomic mass is 19.1. The standard InChI is InChI=1S/C22H22FN3O3/c1-29-21(27)19-18(13-26-11-10-14-4-2-3-5-16(14)12-26)24-22(28)25-20(19)15-6-8-17(23)9-7-15/h2-9,13,19-20H,10-12H2,1H3,(H2,24,25,28)/p+1/b18-13+/t19-,20+/m1/s1. The number of amides is 2. The molecule has 0 saturated carbocycles. The molecule has 29 heavy (non-hydrogen) atoms. The maximum absolute atomic E-state index is 13.4. The molecular weight excluding hydrogens is 373 g/mol. The molecule has 2 aliphatic heterocycles. The van der Waals surface area contributed by atoms with Crippen LogP contribution in [0.1, 0.15) is 22.7 Å². The van der Waals surface area contributed by atoms with Crippen molar-refractivity contribution in [1.82, 2.24) is 10.6 Å². The van der Waals surface area contributed by atoms with Crippen LogP contribution in [0.4, 0.5) is 9.18 Å². The fraction of sp³-hybridized carbons (Fsp3) is 0.273. The van der Waals surface area contributed by atoms with Crippen molar-refractivity contribution in [2.24, 2.45) is 5.92 Å². The molecule has 1 saturated heterocycles. The molecular formula is C22H23FN3O3+. The highest BCUT2D eigenvalue weighted by Crippen LogP contribution is 2.30. The molecule has 3 N–H and O–H groups in total. The summed E-state index contributed by atoms with van der Waals surface area (Å²) in [6.07, 6.45) is 2.83. The topological polar surface area (TPSA) is 71.9 Å². The number of carbonyl (C=O) groups excluding carboxylic acids is 2. The van der Waals surface area contributed by atoms with E-state index in [9.17, 15) is 14.0 Å². The molecule has 0 spiro atoms. The van der Waals surface area contributed by atoms with E-state index >= 15 is 0 Å². The van der Waals surface area contributed by atoms with Gasteiger partial charge in [0, 0.05) is 12.0 Å².